The van der Waals surface area contributed by atoms with E-state index < -0.39 is 0 Å². The minimum Gasteiger partial charge on any atom is -0.497 e. The number of methoxy groups -OCH3 is 1. The Labute approximate surface area is 203 Å². The summed E-state index contributed by atoms with van der Waals surface area (Å²) >= 11 is 0. The van der Waals surface area contributed by atoms with E-state index in [9.17, 15) is 9.59 Å². The summed E-state index contributed by atoms with van der Waals surface area (Å²) in [6.45, 7) is 8.72. The molecule has 0 bridgehead atoms. The van der Waals surface area contributed by atoms with Gasteiger partial charge in [-0.05, 0) is 69.7 Å². The zero-order chi connectivity index (χ0) is 24.1. The Hall–Kier alpha value is -2.54. The fourth-order valence-corrected chi connectivity index (χ4v) is 5.48. The van der Waals surface area contributed by atoms with Crippen LogP contribution in [0.5, 0.6) is 5.75 Å². The summed E-state index contributed by atoms with van der Waals surface area (Å²) in [7, 11) is 1.64. The van der Waals surface area contributed by atoms with E-state index in [0.717, 1.165) is 49.0 Å². The van der Waals surface area contributed by atoms with E-state index >= 15 is 0 Å². The molecule has 0 aliphatic carbocycles. The van der Waals surface area contributed by atoms with Gasteiger partial charge in [-0.1, -0.05) is 13.3 Å². The van der Waals surface area contributed by atoms with Crippen LogP contribution in [-0.2, 0) is 4.79 Å². The topological polar surface area (TPSA) is 77.7 Å². The zero-order valence-electron chi connectivity index (χ0n) is 20.9. The molecule has 2 N–H and O–H groups in total. The molecule has 1 aromatic carbocycles. The van der Waals surface area contributed by atoms with Crippen LogP contribution in [0.4, 0.5) is 0 Å². The second kappa shape index (κ2) is 11.3. The van der Waals surface area contributed by atoms with Crippen LogP contribution in [0.3, 0.4) is 0 Å². The van der Waals surface area contributed by atoms with Gasteiger partial charge in [0.15, 0.2) is 0 Å². The molecule has 0 saturated carbocycles. The molecule has 2 aliphatic rings. The number of nitrogens with one attached hydrogen (secondary N) is 2. The Kier molecular flexibility index (Phi) is 8.14. The number of ether oxygens (including phenoxy) is 1. The lowest BCUT2D eigenvalue weighted by Gasteiger charge is -2.34. The van der Waals surface area contributed by atoms with E-state index in [1.54, 1.807) is 7.11 Å². The average molecular weight is 469 g/mol. The van der Waals surface area contributed by atoms with E-state index in [1.807, 2.05) is 36.1 Å². The molecule has 1 aromatic heterocycles. The average Bonchev–Trinajstić information content (AvgIpc) is 3.30. The molecule has 4 rings (SSSR count). The molecule has 0 unspecified atom stereocenters. The number of carbonyl (C=O) groups excluding carboxylic acids is 2. The van der Waals surface area contributed by atoms with Crippen molar-refractivity contribution in [1.82, 2.24) is 20.1 Å². The van der Waals surface area contributed by atoms with Crippen LogP contribution in [0.25, 0.3) is 10.9 Å². The highest BCUT2D eigenvalue weighted by molar-refractivity contribution is 5.98. The van der Waals surface area contributed by atoms with Gasteiger partial charge in [-0.15, -0.1) is 0 Å². The van der Waals surface area contributed by atoms with Gasteiger partial charge in [0.1, 0.15) is 11.4 Å². The molecule has 7 nitrogen and oxygen atoms in total. The van der Waals surface area contributed by atoms with Crippen LogP contribution >= 0.6 is 0 Å². The predicted octanol–water partition coefficient (Wildman–Crippen LogP) is 4.05. The third-order valence-electron chi connectivity index (χ3n) is 7.87. The number of piperidine rings is 2. The molecule has 2 atom stereocenters. The quantitative estimate of drug-likeness (QED) is 0.573. The first-order valence-electron chi connectivity index (χ1n) is 12.9. The van der Waals surface area contributed by atoms with Crippen LogP contribution in [0, 0.1) is 11.8 Å². The van der Waals surface area contributed by atoms with Crippen LogP contribution in [-0.4, -0.2) is 72.5 Å². The molecule has 2 fully saturated rings. The van der Waals surface area contributed by atoms with E-state index in [0.29, 0.717) is 30.7 Å². The van der Waals surface area contributed by atoms with E-state index in [4.69, 9.17) is 4.74 Å². The van der Waals surface area contributed by atoms with Crippen LogP contribution in [0.15, 0.2) is 24.3 Å². The first-order valence-corrected chi connectivity index (χ1v) is 12.9. The minimum absolute atomic E-state index is 0.0216. The number of likely N-dealkylation sites (tertiary alicyclic amines) is 2. The van der Waals surface area contributed by atoms with Gasteiger partial charge in [0.2, 0.25) is 5.91 Å². The Morgan fingerprint density at radius 3 is 2.68 bits per heavy atom. The molecule has 2 aliphatic heterocycles. The number of carbonyl (C=O) groups is 2. The Morgan fingerprint density at radius 2 is 1.94 bits per heavy atom. The fourth-order valence-electron chi connectivity index (χ4n) is 5.48. The van der Waals surface area contributed by atoms with Crippen molar-refractivity contribution < 1.29 is 14.3 Å². The molecule has 2 aromatic rings. The summed E-state index contributed by atoms with van der Waals surface area (Å²) in [5.41, 5.74) is 1.51. The van der Waals surface area contributed by atoms with Gasteiger partial charge in [0.25, 0.3) is 5.91 Å². The minimum atomic E-state index is -0.0216. The van der Waals surface area contributed by atoms with E-state index in [1.165, 1.54) is 25.8 Å². The number of aromatic amines is 1. The van der Waals surface area contributed by atoms with Gasteiger partial charge in [-0.2, -0.15) is 0 Å². The normalized spacial score (nSPS) is 20.9. The summed E-state index contributed by atoms with van der Waals surface area (Å²) in [6.07, 6.45) is 6.66. The summed E-state index contributed by atoms with van der Waals surface area (Å²) in [5.74, 6) is 1.24. The maximum Gasteiger partial charge on any atom is 0.270 e. The fraction of sp³-hybridized carbons (Fsp3) is 0.630. The van der Waals surface area contributed by atoms with Crippen molar-refractivity contribution in [2.24, 2.45) is 11.8 Å². The number of H-pyrrole nitrogens is 1. The molecular formula is C27H40N4O3. The number of hydrogen-bond donors (Lipinski definition) is 2. The summed E-state index contributed by atoms with van der Waals surface area (Å²) in [6, 6.07) is 8.34. The number of aromatic nitrogens is 1. The van der Waals surface area contributed by atoms with Crippen LogP contribution in [0.2, 0.25) is 0 Å². The molecule has 34 heavy (non-hydrogen) atoms. The monoisotopic (exact) mass is 468 g/mol. The van der Waals surface area contributed by atoms with Gasteiger partial charge >= 0.3 is 0 Å². The standard InChI is InChI=1S/C27H40N4O3/c1-19-7-4-5-13-30(19)14-6-12-28-26(32)20(2)21-10-15-31(16-11-21)27(33)25-17-22-8-9-23(34-3)18-24(22)29-25/h8-9,17-21,29H,4-7,10-16H2,1-3H3,(H,28,32)/t19-,20+/m1/s1. The molecule has 2 amide bonds. The highest BCUT2D eigenvalue weighted by atomic mass is 16.5. The third kappa shape index (κ3) is 5.74. The van der Waals surface area contributed by atoms with E-state index in [-0.39, 0.29) is 17.7 Å². The Morgan fingerprint density at radius 1 is 1.15 bits per heavy atom. The second-order valence-corrected chi connectivity index (χ2v) is 10.1. The van der Waals surface area contributed by atoms with Crippen molar-refractivity contribution in [3.8, 4) is 5.75 Å². The number of hydrogen-bond acceptors (Lipinski definition) is 4. The molecule has 3 heterocycles. The smallest absolute Gasteiger partial charge is 0.270 e. The first kappa shape index (κ1) is 24.6. The summed E-state index contributed by atoms with van der Waals surface area (Å²) in [5, 5.41) is 4.16. The van der Waals surface area contributed by atoms with Gasteiger partial charge in [-0.3, -0.25) is 9.59 Å². The highest BCUT2D eigenvalue weighted by Crippen LogP contribution is 2.27. The maximum atomic E-state index is 13.0. The van der Waals surface area contributed by atoms with Gasteiger partial charge in [0.05, 0.1) is 7.11 Å². The molecule has 7 heteroatoms. The maximum absolute atomic E-state index is 13.0. The van der Waals surface area contributed by atoms with Crippen molar-refractivity contribution in [2.45, 2.75) is 58.4 Å². The van der Waals surface area contributed by atoms with E-state index in [2.05, 4.69) is 22.1 Å². The number of nitrogens with zero attached hydrogens (tertiary/aromatic N) is 2. The lowest BCUT2D eigenvalue weighted by molar-refractivity contribution is -0.126. The Balaban J connectivity index is 1.21. The molecule has 186 valence electrons. The lowest BCUT2D eigenvalue weighted by Crippen LogP contribution is -2.43. The van der Waals surface area contributed by atoms with Crippen molar-refractivity contribution in [3.63, 3.8) is 0 Å². The van der Waals surface area contributed by atoms with Crippen molar-refractivity contribution >= 4 is 22.7 Å². The lowest BCUT2D eigenvalue weighted by atomic mass is 9.84. The third-order valence-corrected chi connectivity index (χ3v) is 7.87. The highest BCUT2D eigenvalue weighted by Gasteiger charge is 2.30. The second-order valence-electron chi connectivity index (χ2n) is 10.1. The summed E-state index contributed by atoms with van der Waals surface area (Å²) in [4.78, 5) is 33.5. The number of rotatable bonds is 8. The SMILES string of the molecule is COc1ccc2cc(C(=O)N3CCC([C@H](C)C(=O)NCCCN4CCCC[C@H]4C)CC3)[nH]c2c1. The molecule has 0 radical (unpaired) electrons. The van der Waals surface area contributed by atoms with Gasteiger partial charge in [-0.25, -0.2) is 0 Å². The largest absolute Gasteiger partial charge is 0.497 e. The Bertz CT molecular complexity index is 979. The van der Waals surface area contributed by atoms with Gasteiger partial charge in [0, 0.05) is 55.1 Å². The van der Waals surface area contributed by atoms with Crippen LogP contribution < -0.4 is 10.1 Å². The predicted molar refractivity (Wildman–Crippen MR) is 135 cm³/mol. The van der Waals surface area contributed by atoms with Crippen molar-refractivity contribution in [1.29, 1.82) is 0 Å². The number of benzene rings is 1. The molecular weight excluding hydrogens is 428 g/mol. The number of fused-ring (bicyclic) bond motifs is 1. The molecule has 0 spiro atoms. The molecule has 2 saturated heterocycles. The van der Waals surface area contributed by atoms with Crippen molar-refractivity contribution in [3.05, 3.63) is 30.0 Å². The first-order chi connectivity index (χ1) is 16.5. The van der Waals surface area contributed by atoms with Crippen LogP contribution in [0.1, 0.15) is 62.9 Å². The van der Waals surface area contributed by atoms with Crippen molar-refractivity contribution in [2.75, 3.05) is 39.8 Å². The zero-order valence-corrected chi connectivity index (χ0v) is 20.9. The summed E-state index contributed by atoms with van der Waals surface area (Å²) < 4.78 is 5.27. The van der Waals surface area contributed by atoms with Gasteiger partial charge < -0.3 is 24.8 Å². The number of amides is 2.